The number of hydrogen-bond donors (Lipinski definition) is 4. The summed E-state index contributed by atoms with van der Waals surface area (Å²) in [6.07, 6.45) is 7.05. The highest BCUT2D eigenvalue weighted by molar-refractivity contribution is 5.86. The molecule has 2 aromatic carbocycles. The second-order valence-electron chi connectivity index (χ2n) is 15.9. The van der Waals surface area contributed by atoms with Gasteiger partial charge in [0.25, 0.3) is 0 Å². The molecule has 7 rings (SSSR count). The molecule has 1 aliphatic heterocycles. The SMILES string of the molecule is COC(=O)N[C@H](C(=O)N1CCC[C@H]1c1ncc(-c2ccc(-c3ccc(-c4cnc([C@@H]5C6CCC(C6)C5C(=O)N(NC(=O)OC)C(C)C)[nH]4)cc3)cc2)[nH]1)C(C)C. The number of methoxy groups -OCH3 is 2. The molecule has 0 radical (unpaired) electrons. The molecule has 4 N–H and O–H groups in total. The molecular weight excluding hydrogens is 713 g/mol. The highest BCUT2D eigenvalue weighted by atomic mass is 16.5. The summed E-state index contributed by atoms with van der Waals surface area (Å²) >= 11 is 0. The second kappa shape index (κ2) is 16.2. The lowest BCUT2D eigenvalue weighted by Crippen LogP contribution is -2.53. The van der Waals surface area contributed by atoms with Crippen LogP contribution in [0.25, 0.3) is 33.6 Å². The van der Waals surface area contributed by atoms with E-state index in [1.54, 1.807) is 6.20 Å². The summed E-state index contributed by atoms with van der Waals surface area (Å²) in [6, 6.07) is 15.5. The smallest absolute Gasteiger partial charge is 0.425 e. The molecule has 3 aliphatic rings. The van der Waals surface area contributed by atoms with E-state index in [0.29, 0.717) is 12.5 Å². The van der Waals surface area contributed by atoms with E-state index in [4.69, 9.17) is 14.5 Å². The zero-order valence-corrected chi connectivity index (χ0v) is 32.9. The van der Waals surface area contributed by atoms with Crippen LogP contribution < -0.4 is 10.7 Å². The van der Waals surface area contributed by atoms with Crippen LogP contribution in [-0.4, -0.2) is 86.7 Å². The molecule has 6 atom stereocenters. The molecule has 0 spiro atoms. The molecule has 1 saturated heterocycles. The maximum Gasteiger partial charge on any atom is 0.425 e. The predicted octanol–water partition coefficient (Wildman–Crippen LogP) is 6.82. The van der Waals surface area contributed by atoms with Crippen LogP contribution >= 0.6 is 0 Å². The molecule has 296 valence electrons. The molecule has 3 unspecified atom stereocenters. The van der Waals surface area contributed by atoms with Gasteiger partial charge in [-0.1, -0.05) is 62.4 Å². The number of hydrazine groups is 1. The van der Waals surface area contributed by atoms with Crippen molar-refractivity contribution in [3.8, 4) is 33.6 Å². The number of hydrogen-bond acceptors (Lipinski definition) is 8. The van der Waals surface area contributed by atoms with Crippen LogP contribution in [0.15, 0.2) is 60.9 Å². The summed E-state index contributed by atoms with van der Waals surface area (Å²) in [5.74, 6) is 1.50. The number of aromatic amines is 2. The molecule has 14 heteroatoms. The number of nitrogens with zero attached hydrogens (tertiary/aromatic N) is 4. The van der Waals surface area contributed by atoms with Gasteiger partial charge in [0.1, 0.15) is 17.7 Å². The number of carbonyl (C=O) groups excluding carboxylic acids is 4. The van der Waals surface area contributed by atoms with Crippen molar-refractivity contribution in [1.29, 1.82) is 0 Å². The molecular formula is C42H52N8O6. The van der Waals surface area contributed by atoms with Gasteiger partial charge in [0.15, 0.2) is 0 Å². The van der Waals surface area contributed by atoms with Gasteiger partial charge in [-0.3, -0.25) is 9.59 Å². The predicted molar refractivity (Wildman–Crippen MR) is 209 cm³/mol. The molecule has 2 bridgehead atoms. The topological polar surface area (TPSA) is 175 Å². The number of likely N-dealkylation sites (tertiary alicyclic amines) is 1. The normalized spacial score (nSPS) is 22.0. The van der Waals surface area contributed by atoms with Crippen molar-refractivity contribution in [2.75, 3.05) is 20.8 Å². The van der Waals surface area contributed by atoms with Crippen molar-refractivity contribution in [2.24, 2.45) is 23.7 Å². The molecule has 4 aromatic rings. The Morgan fingerprint density at radius 1 is 0.768 bits per heavy atom. The summed E-state index contributed by atoms with van der Waals surface area (Å²) in [5.41, 5.74) is 8.48. The summed E-state index contributed by atoms with van der Waals surface area (Å²) in [5, 5.41) is 4.11. The maximum atomic E-state index is 13.9. The first-order valence-electron chi connectivity index (χ1n) is 19.6. The number of amides is 4. The van der Waals surface area contributed by atoms with Crippen LogP contribution in [0.5, 0.6) is 0 Å². The largest absolute Gasteiger partial charge is 0.453 e. The van der Waals surface area contributed by atoms with E-state index in [2.05, 4.69) is 74.2 Å². The zero-order valence-electron chi connectivity index (χ0n) is 32.9. The number of rotatable bonds is 10. The van der Waals surface area contributed by atoms with Crippen molar-refractivity contribution in [3.05, 3.63) is 72.6 Å². The van der Waals surface area contributed by atoms with Crippen LogP contribution in [0.4, 0.5) is 9.59 Å². The molecule has 4 amide bonds. The first-order chi connectivity index (χ1) is 27.0. The van der Waals surface area contributed by atoms with E-state index in [0.717, 1.165) is 77.4 Å². The second-order valence-corrected chi connectivity index (χ2v) is 15.9. The number of ether oxygens (including phenoxy) is 2. The fourth-order valence-electron chi connectivity index (χ4n) is 8.97. The average Bonchev–Trinajstić information content (AvgIpc) is 4.06. The van der Waals surface area contributed by atoms with Crippen molar-refractivity contribution >= 4 is 24.0 Å². The first kappa shape index (κ1) is 38.6. The first-order valence-corrected chi connectivity index (χ1v) is 19.6. The van der Waals surface area contributed by atoms with Gasteiger partial charge in [-0.05, 0) is 86.0 Å². The van der Waals surface area contributed by atoms with Crippen molar-refractivity contribution < 1.29 is 28.7 Å². The number of carbonyl (C=O) groups is 4. The number of H-pyrrole nitrogens is 2. The minimum absolute atomic E-state index is 0.0494. The number of nitrogens with one attached hydrogen (secondary N) is 4. The van der Waals surface area contributed by atoms with Crippen molar-refractivity contribution in [2.45, 2.75) is 83.8 Å². The third-order valence-electron chi connectivity index (χ3n) is 11.8. The van der Waals surface area contributed by atoms with Gasteiger partial charge in [0.05, 0.1) is 50.0 Å². The van der Waals surface area contributed by atoms with Gasteiger partial charge in [-0.15, -0.1) is 0 Å². The van der Waals surface area contributed by atoms with Crippen LogP contribution in [0, 0.1) is 23.7 Å². The van der Waals surface area contributed by atoms with Crippen molar-refractivity contribution in [3.63, 3.8) is 0 Å². The molecule has 2 aromatic heterocycles. The minimum Gasteiger partial charge on any atom is -0.453 e. The van der Waals surface area contributed by atoms with Gasteiger partial charge in [-0.2, -0.15) is 0 Å². The Morgan fingerprint density at radius 3 is 1.89 bits per heavy atom. The van der Waals surface area contributed by atoms with E-state index in [9.17, 15) is 19.2 Å². The van der Waals surface area contributed by atoms with Crippen LogP contribution in [0.1, 0.15) is 83.4 Å². The summed E-state index contributed by atoms with van der Waals surface area (Å²) < 4.78 is 9.55. The lowest BCUT2D eigenvalue weighted by atomic mass is 9.78. The number of imidazole rings is 2. The van der Waals surface area contributed by atoms with E-state index >= 15 is 0 Å². The number of aromatic nitrogens is 4. The van der Waals surface area contributed by atoms with Gasteiger partial charge >= 0.3 is 12.2 Å². The fraction of sp³-hybridized carbons (Fsp3) is 0.476. The van der Waals surface area contributed by atoms with Gasteiger partial charge in [0, 0.05) is 18.5 Å². The van der Waals surface area contributed by atoms with E-state index in [1.807, 2.05) is 38.8 Å². The highest BCUT2D eigenvalue weighted by Gasteiger charge is 2.54. The minimum atomic E-state index is -0.687. The Balaban J connectivity index is 1.02. The average molecular weight is 765 g/mol. The highest BCUT2D eigenvalue weighted by Crippen LogP contribution is 2.56. The zero-order chi connectivity index (χ0) is 39.7. The van der Waals surface area contributed by atoms with Gasteiger partial charge in [0.2, 0.25) is 11.8 Å². The van der Waals surface area contributed by atoms with E-state index in [1.165, 1.54) is 19.2 Å². The maximum absolute atomic E-state index is 13.9. The Morgan fingerprint density at radius 2 is 1.32 bits per heavy atom. The molecule has 3 fully saturated rings. The summed E-state index contributed by atoms with van der Waals surface area (Å²) in [4.78, 5) is 69.8. The lowest BCUT2D eigenvalue weighted by Gasteiger charge is -2.35. The fourth-order valence-corrected chi connectivity index (χ4v) is 8.97. The third-order valence-corrected chi connectivity index (χ3v) is 11.8. The lowest BCUT2D eigenvalue weighted by molar-refractivity contribution is -0.143. The molecule has 2 saturated carbocycles. The van der Waals surface area contributed by atoms with Crippen molar-refractivity contribution in [1.82, 2.24) is 40.6 Å². The number of benzene rings is 2. The third kappa shape index (κ3) is 7.61. The van der Waals surface area contributed by atoms with E-state index in [-0.39, 0.29) is 47.6 Å². The van der Waals surface area contributed by atoms with Crippen LogP contribution in [0.2, 0.25) is 0 Å². The van der Waals surface area contributed by atoms with E-state index < -0.39 is 18.2 Å². The van der Waals surface area contributed by atoms with Crippen LogP contribution in [-0.2, 0) is 19.1 Å². The Bertz CT molecular complexity index is 2040. The van der Waals surface area contributed by atoms with Crippen LogP contribution in [0.3, 0.4) is 0 Å². The molecule has 14 nitrogen and oxygen atoms in total. The Kier molecular flexibility index (Phi) is 11.2. The molecule has 3 heterocycles. The quantitative estimate of drug-likeness (QED) is 0.127. The summed E-state index contributed by atoms with van der Waals surface area (Å²) in [6.45, 7) is 8.15. The standard InChI is InChI=1S/C42H52N8O6/c1-23(2)36(47-41(53)55-5)40(52)49-19-7-8-33(49)37-43-21-31(45-37)27-13-9-25(10-14-27)26-11-15-28(16-12-26)32-22-44-38(46-32)34-29-17-18-30(20-29)35(34)39(51)50(24(3)4)48-42(54)56-6/h9-16,21-24,29-30,33-36H,7-8,17-20H2,1-6H3,(H,43,45)(H,44,46)(H,47,53)(H,48,54)/t29?,30?,33-,34+,35?,36-/m0/s1. The Labute approximate surface area is 327 Å². The number of fused-ring (bicyclic) bond motifs is 2. The monoisotopic (exact) mass is 764 g/mol. The number of alkyl carbamates (subject to hydrolysis) is 1. The molecule has 56 heavy (non-hydrogen) atoms. The van der Waals surface area contributed by atoms with Gasteiger partial charge in [-0.25, -0.2) is 30.0 Å². The molecule has 2 aliphatic carbocycles. The van der Waals surface area contributed by atoms with Gasteiger partial charge < -0.3 is 29.7 Å². The Hall–Kier alpha value is -5.66. The summed E-state index contributed by atoms with van der Waals surface area (Å²) in [7, 11) is 2.58.